The minimum absolute atomic E-state index is 0.0280. The molecule has 176 valence electrons. The first-order valence-corrected chi connectivity index (χ1v) is 10.8. The fraction of sp³-hybridized carbons (Fsp3) is 0.429. The van der Waals surface area contributed by atoms with E-state index in [0.717, 1.165) is 17.2 Å². The summed E-state index contributed by atoms with van der Waals surface area (Å²) in [6, 6.07) is 1.08. The van der Waals surface area contributed by atoms with Crippen LogP contribution < -0.4 is 5.32 Å². The summed E-state index contributed by atoms with van der Waals surface area (Å²) in [6.45, 7) is 3.61. The number of nitrogens with one attached hydrogen (secondary N) is 1. The maximum atomic E-state index is 14.3. The molecule has 1 N–H and O–H groups in total. The molecular formula is C21H22ClF2N5O4. The number of nitrogens with zero attached hydrogens (tertiary/aromatic N) is 4. The highest BCUT2D eigenvalue weighted by Gasteiger charge is 2.38. The van der Waals surface area contributed by atoms with E-state index in [-0.39, 0.29) is 42.7 Å². The number of carbonyl (C=O) groups is 3. The van der Waals surface area contributed by atoms with Crippen molar-refractivity contribution in [1.82, 2.24) is 19.7 Å². The highest BCUT2D eigenvalue weighted by atomic mass is 35.5. The van der Waals surface area contributed by atoms with Gasteiger partial charge < -0.3 is 10.2 Å². The lowest BCUT2D eigenvalue weighted by atomic mass is 9.99. The SMILES string of the molecule is CCC(=O)C1Cn2nc3c(c2C(=O)N(C)O1)CN(C(=O)Nc1ccc(F)c(Cl)c1F)[C@H](C)C3. The highest BCUT2D eigenvalue weighted by molar-refractivity contribution is 6.31. The van der Waals surface area contributed by atoms with E-state index in [1.165, 1.54) is 16.6 Å². The zero-order valence-electron chi connectivity index (χ0n) is 18.2. The number of hydrogen-bond acceptors (Lipinski definition) is 5. The maximum Gasteiger partial charge on any atom is 0.322 e. The molecular weight excluding hydrogens is 460 g/mol. The smallest absolute Gasteiger partial charge is 0.317 e. The Morgan fingerprint density at radius 2 is 2.06 bits per heavy atom. The number of urea groups is 1. The molecule has 0 radical (unpaired) electrons. The lowest BCUT2D eigenvalue weighted by molar-refractivity contribution is -0.166. The van der Waals surface area contributed by atoms with Gasteiger partial charge in [-0.15, -0.1) is 0 Å². The predicted molar refractivity (Wildman–Crippen MR) is 114 cm³/mol. The van der Waals surface area contributed by atoms with Gasteiger partial charge >= 0.3 is 6.03 Å². The van der Waals surface area contributed by atoms with Crippen molar-refractivity contribution in [2.75, 3.05) is 12.4 Å². The summed E-state index contributed by atoms with van der Waals surface area (Å²) in [5, 5.41) is 7.24. The van der Waals surface area contributed by atoms with E-state index in [0.29, 0.717) is 17.7 Å². The fourth-order valence-electron chi connectivity index (χ4n) is 4.01. The van der Waals surface area contributed by atoms with Crippen LogP contribution >= 0.6 is 11.6 Å². The minimum Gasteiger partial charge on any atom is -0.317 e. The number of amides is 3. The second kappa shape index (κ2) is 8.71. The number of fused-ring (bicyclic) bond motifs is 3. The molecule has 33 heavy (non-hydrogen) atoms. The number of hydrogen-bond donors (Lipinski definition) is 1. The first-order chi connectivity index (χ1) is 15.6. The van der Waals surface area contributed by atoms with Gasteiger partial charge in [0.2, 0.25) is 0 Å². The Morgan fingerprint density at radius 3 is 2.76 bits per heavy atom. The number of halogens is 3. The molecule has 2 atom stereocenters. The molecule has 1 aromatic heterocycles. The van der Waals surface area contributed by atoms with E-state index >= 15 is 0 Å². The summed E-state index contributed by atoms with van der Waals surface area (Å²) < 4.78 is 29.2. The zero-order valence-corrected chi connectivity index (χ0v) is 18.9. The number of anilines is 1. The third-order valence-corrected chi connectivity index (χ3v) is 6.19. The number of aromatic nitrogens is 2. The molecule has 0 bridgehead atoms. The van der Waals surface area contributed by atoms with Crippen LogP contribution in [0.2, 0.25) is 5.02 Å². The van der Waals surface area contributed by atoms with Crippen LogP contribution in [0.15, 0.2) is 12.1 Å². The van der Waals surface area contributed by atoms with E-state index < -0.39 is 34.7 Å². The average molecular weight is 482 g/mol. The monoisotopic (exact) mass is 481 g/mol. The predicted octanol–water partition coefficient (Wildman–Crippen LogP) is 3.16. The molecule has 12 heteroatoms. The van der Waals surface area contributed by atoms with E-state index in [1.54, 1.807) is 13.8 Å². The standard InChI is InChI=1S/C21H22ClF2N5O4/c1-4-15(30)16-9-29-19(20(31)27(3)33-16)11-8-28(10(2)7-14(11)26-29)21(32)25-13-6-5-12(23)17(22)18(13)24/h5-6,10,16H,4,7-9H2,1-3H3,(H,25,32)/t10-,16?/m1/s1. The van der Waals surface area contributed by atoms with Gasteiger partial charge in [-0.2, -0.15) is 5.10 Å². The zero-order chi connectivity index (χ0) is 24.0. The van der Waals surface area contributed by atoms with Crippen LogP contribution in [0, 0.1) is 11.6 Å². The van der Waals surface area contributed by atoms with E-state index in [4.69, 9.17) is 16.4 Å². The van der Waals surface area contributed by atoms with Crippen molar-refractivity contribution < 1.29 is 28.0 Å². The molecule has 1 unspecified atom stereocenters. The van der Waals surface area contributed by atoms with E-state index in [1.807, 2.05) is 0 Å². The molecule has 0 aliphatic carbocycles. The molecule has 2 aliphatic rings. The number of carbonyl (C=O) groups excluding carboxylic acids is 3. The Labute approximate surface area is 193 Å². The van der Waals surface area contributed by atoms with Crippen molar-refractivity contribution in [2.24, 2.45) is 0 Å². The topological polar surface area (TPSA) is 96.8 Å². The van der Waals surface area contributed by atoms with E-state index in [2.05, 4.69) is 10.4 Å². The summed E-state index contributed by atoms with van der Waals surface area (Å²) in [4.78, 5) is 45.1. The fourth-order valence-corrected chi connectivity index (χ4v) is 4.18. The largest absolute Gasteiger partial charge is 0.322 e. The van der Waals surface area contributed by atoms with Crippen LogP contribution in [-0.4, -0.2) is 56.7 Å². The molecule has 0 saturated carbocycles. The second-order valence-electron chi connectivity index (χ2n) is 8.01. The van der Waals surface area contributed by atoms with Gasteiger partial charge in [0.15, 0.2) is 17.7 Å². The Kier molecular flexibility index (Phi) is 6.10. The van der Waals surface area contributed by atoms with Crippen LogP contribution in [-0.2, 0) is 29.1 Å². The van der Waals surface area contributed by atoms with Crippen LogP contribution in [0.25, 0.3) is 0 Å². The Bertz CT molecular complexity index is 1150. The van der Waals surface area contributed by atoms with Crippen molar-refractivity contribution in [1.29, 1.82) is 0 Å². The molecule has 0 saturated heterocycles. The van der Waals surface area contributed by atoms with Gasteiger partial charge in [-0.1, -0.05) is 18.5 Å². The molecule has 0 fully saturated rings. The number of benzene rings is 1. The van der Waals surface area contributed by atoms with Crippen LogP contribution in [0.3, 0.4) is 0 Å². The molecule has 3 amide bonds. The van der Waals surface area contributed by atoms with Gasteiger partial charge in [0.25, 0.3) is 5.91 Å². The first kappa shape index (κ1) is 23.1. The summed E-state index contributed by atoms with van der Waals surface area (Å²) >= 11 is 5.60. The van der Waals surface area contributed by atoms with Crippen molar-refractivity contribution in [2.45, 2.75) is 51.9 Å². The number of rotatable bonds is 3. The van der Waals surface area contributed by atoms with Crippen LogP contribution in [0.5, 0.6) is 0 Å². The summed E-state index contributed by atoms with van der Waals surface area (Å²) in [5.74, 6) is -2.66. The van der Waals surface area contributed by atoms with Crippen molar-refractivity contribution in [3.05, 3.63) is 45.7 Å². The van der Waals surface area contributed by atoms with Crippen molar-refractivity contribution >= 4 is 35.0 Å². The molecule has 3 heterocycles. The van der Waals surface area contributed by atoms with Gasteiger partial charge in [0.05, 0.1) is 24.5 Å². The molecule has 1 aromatic carbocycles. The van der Waals surface area contributed by atoms with Gasteiger partial charge in [0.1, 0.15) is 16.5 Å². The Morgan fingerprint density at radius 1 is 1.33 bits per heavy atom. The second-order valence-corrected chi connectivity index (χ2v) is 8.38. The first-order valence-electron chi connectivity index (χ1n) is 10.4. The van der Waals surface area contributed by atoms with Crippen molar-refractivity contribution in [3.8, 4) is 0 Å². The summed E-state index contributed by atoms with van der Waals surface area (Å²) in [6.07, 6.45) is -0.257. The van der Waals surface area contributed by atoms with Crippen LogP contribution in [0.4, 0.5) is 19.3 Å². The Hall–Kier alpha value is -3.05. The number of ketones is 1. The van der Waals surface area contributed by atoms with Crippen molar-refractivity contribution in [3.63, 3.8) is 0 Å². The van der Waals surface area contributed by atoms with Gasteiger partial charge in [-0.25, -0.2) is 18.6 Å². The number of Topliss-reactive ketones (excluding diaryl/α,β-unsaturated/α-hetero) is 1. The average Bonchev–Trinajstić information content (AvgIpc) is 3.07. The van der Waals surface area contributed by atoms with E-state index in [9.17, 15) is 23.2 Å². The highest BCUT2D eigenvalue weighted by Crippen LogP contribution is 2.30. The number of hydroxylamine groups is 2. The maximum absolute atomic E-state index is 14.3. The molecule has 9 nitrogen and oxygen atoms in total. The molecule has 2 aliphatic heterocycles. The van der Waals surface area contributed by atoms with Gasteiger partial charge in [-0.3, -0.25) is 19.1 Å². The molecule has 0 spiro atoms. The molecule has 4 rings (SSSR count). The lowest BCUT2D eigenvalue weighted by Gasteiger charge is -2.33. The summed E-state index contributed by atoms with van der Waals surface area (Å²) in [5.41, 5.74) is 1.15. The Balaban J connectivity index is 1.63. The molecule has 2 aromatic rings. The lowest BCUT2D eigenvalue weighted by Crippen LogP contribution is -2.45. The van der Waals surface area contributed by atoms with Gasteiger partial charge in [-0.05, 0) is 19.1 Å². The minimum atomic E-state index is -1.07. The third-order valence-electron chi connectivity index (χ3n) is 5.84. The normalized spacial score (nSPS) is 20.2. The van der Waals surface area contributed by atoms with Crippen LogP contribution in [0.1, 0.15) is 42.0 Å². The quantitative estimate of drug-likeness (QED) is 0.679. The summed E-state index contributed by atoms with van der Waals surface area (Å²) in [7, 11) is 1.42. The third kappa shape index (κ3) is 4.06. The van der Waals surface area contributed by atoms with Gasteiger partial charge in [0, 0.05) is 31.5 Å².